The van der Waals surface area contributed by atoms with Crippen LogP contribution in [0.2, 0.25) is 0 Å². The van der Waals surface area contributed by atoms with Crippen molar-refractivity contribution in [3.8, 4) is 11.8 Å². The fourth-order valence-corrected chi connectivity index (χ4v) is 4.72. The number of amides is 2. The number of nitrogens with one attached hydrogen (secondary N) is 1. The Bertz CT molecular complexity index is 1240. The van der Waals surface area contributed by atoms with Gasteiger partial charge in [-0.1, -0.05) is 5.92 Å². The van der Waals surface area contributed by atoms with Gasteiger partial charge in [0.05, 0.1) is 12.9 Å². The highest BCUT2D eigenvalue weighted by Crippen LogP contribution is 2.32. The monoisotopic (exact) mass is 527 g/mol. The number of rotatable bonds is 6. The Labute approximate surface area is 219 Å². The molecule has 13 nitrogen and oxygen atoms in total. The van der Waals surface area contributed by atoms with Gasteiger partial charge in [-0.2, -0.15) is 0 Å². The van der Waals surface area contributed by atoms with E-state index in [1.807, 2.05) is 0 Å². The predicted octanol–water partition coefficient (Wildman–Crippen LogP) is 0.164. The third-order valence-electron chi connectivity index (χ3n) is 7.17. The standard InChI is InChI=1S/C25H33N7O6/c1-2-27-23(35)20-18(33)19(34)24(38-20)32-13-28-17-21(26)29-16(30-22(17)32)5-3-4-14-8-10-31(11-9-14)25(36)37-12-15-6-7-15/h13-15,18-20,24,33-34H,2,4,6-12H2,1H3,(H,27,35)(H2,26,29,30)/t18-,19?,20+,24-/m1/s1. The fourth-order valence-electron chi connectivity index (χ4n) is 4.72. The number of likely N-dealkylation sites (N-methyl/N-ethyl adjacent to an activating group) is 1. The number of aliphatic hydroxyl groups is 2. The van der Waals surface area contributed by atoms with E-state index >= 15 is 0 Å². The number of hydrogen-bond acceptors (Lipinski definition) is 10. The highest BCUT2D eigenvalue weighted by molar-refractivity contribution is 5.83. The normalized spacial score (nSPS) is 25.7. The molecule has 2 aliphatic heterocycles. The van der Waals surface area contributed by atoms with Gasteiger partial charge in [-0.15, -0.1) is 0 Å². The van der Waals surface area contributed by atoms with Crippen molar-refractivity contribution in [3.05, 3.63) is 12.2 Å². The highest BCUT2D eigenvalue weighted by atomic mass is 16.6. The lowest BCUT2D eigenvalue weighted by molar-refractivity contribution is -0.137. The molecule has 5 N–H and O–H groups in total. The zero-order chi connectivity index (χ0) is 26.8. The number of likely N-dealkylation sites (tertiary alicyclic amines) is 1. The van der Waals surface area contributed by atoms with E-state index in [9.17, 15) is 19.8 Å². The maximum absolute atomic E-state index is 12.2. The molecule has 204 valence electrons. The van der Waals surface area contributed by atoms with E-state index in [1.54, 1.807) is 11.8 Å². The molecule has 3 fully saturated rings. The number of anilines is 1. The first kappa shape index (κ1) is 26.1. The van der Waals surface area contributed by atoms with Crippen LogP contribution >= 0.6 is 0 Å². The number of imidazole rings is 1. The van der Waals surface area contributed by atoms with Crippen molar-refractivity contribution in [2.45, 2.75) is 63.6 Å². The molecule has 2 aromatic heterocycles. The number of piperidine rings is 1. The summed E-state index contributed by atoms with van der Waals surface area (Å²) in [5.41, 5.74) is 6.66. The maximum Gasteiger partial charge on any atom is 0.409 e. The Hall–Kier alpha value is -3.47. The van der Waals surface area contributed by atoms with Crippen molar-refractivity contribution >= 4 is 29.0 Å². The van der Waals surface area contributed by atoms with E-state index in [1.165, 1.54) is 10.9 Å². The van der Waals surface area contributed by atoms with Gasteiger partial charge in [-0.25, -0.2) is 19.7 Å². The molecule has 2 aromatic rings. The molecule has 0 bridgehead atoms. The maximum atomic E-state index is 12.2. The second-order valence-corrected chi connectivity index (χ2v) is 10.0. The summed E-state index contributed by atoms with van der Waals surface area (Å²) in [5, 5.41) is 23.5. The van der Waals surface area contributed by atoms with Crippen LogP contribution in [0.3, 0.4) is 0 Å². The van der Waals surface area contributed by atoms with Crippen LogP contribution in [-0.4, -0.2) is 91.2 Å². The molecule has 38 heavy (non-hydrogen) atoms. The molecule has 0 aromatic carbocycles. The van der Waals surface area contributed by atoms with Crippen molar-refractivity contribution in [1.29, 1.82) is 0 Å². The lowest BCUT2D eigenvalue weighted by atomic mass is 9.94. The number of aromatic nitrogens is 4. The third kappa shape index (κ3) is 5.52. The number of hydrogen-bond donors (Lipinski definition) is 4. The van der Waals surface area contributed by atoms with Crippen molar-refractivity contribution in [2.75, 3.05) is 32.0 Å². The van der Waals surface area contributed by atoms with Crippen LogP contribution in [0.15, 0.2) is 6.33 Å². The van der Waals surface area contributed by atoms with Gasteiger partial charge in [-0.3, -0.25) is 9.36 Å². The number of nitrogens with two attached hydrogens (primary N) is 1. The molecule has 2 saturated heterocycles. The summed E-state index contributed by atoms with van der Waals surface area (Å²) in [5.74, 6) is 6.75. The summed E-state index contributed by atoms with van der Waals surface area (Å²) >= 11 is 0. The molecule has 3 aliphatic rings. The number of carbonyl (C=O) groups is 2. The minimum Gasteiger partial charge on any atom is -0.449 e. The Balaban J connectivity index is 1.23. The van der Waals surface area contributed by atoms with E-state index in [0.717, 1.165) is 25.7 Å². The summed E-state index contributed by atoms with van der Waals surface area (Å²) in [6.45, 7) is 3.93. The van der Waals surface area contributed by atoms with E-state index in [4.69, 9.17) is 15.2 Å². The number of nitrogens with zero attached hydrogens (tertiary/aromatic N) is 5. The molecular formula is C25H33N7O6. The first-order chi connectivity index (χ1) is 18.4. The third-order valence-corrected chi connectivity index (χ3v) is 7.17. The van der Waals surface area contributed by atoms with Crippen LogP contribution in [-0.2, 0) is 14.3 Å². The van der Waals surface area contributed by atoms with Crippen LogP contribution in [0.25, 0.3) is 11.2 Å². The molecule has 4 atom stereocenters. The van der Waals surface area contributed by atoms with Gasteiger partial charge in [0.1, 0.15) is 17.7 Å². The lowest BCUT2D eigenvalue weighted by Crippen LogP contribution is -2.42. The average molecular weight is 528 g/mol. The first-order valence-electron chi connectivity index (χ1n) is 13.1. The summed E-state index contributed by atoms with van der Waals surface area (Å²) in [4.78, 5) is 39.1. The van der Waals surface area contributed by atoms with Gasteiger partial charge in [-0.05, 0) is 50.4 Å². The zero-order valence-corrected chi connectivity index (χ0v) is 21.2. The van der Waals surface area contributed by atoms with Crippen LogP contribution < -0.4 is 11.1 Å². The molecule has 1 saturated carbocycles. The Morgan fingerprint density at radius 1 is 1.18 bits per heavy atom. The highest BCUT2D eigenvalue weighted by Gasteiger charge is 2.47. The molecule has 2 amide bonds. The Kier molecular flexibility index (Phi) is 7.64. The summed E-state index contributed by atoms with van der Waals surface area (Å²) in [6.07, 6.45) is 0.603. The predicted molar refractivity (Wildman–Crippen MR) is 134 cm³/mol. The van der Waals surface area contributed by atoms with E-state index in [-0.39, 0.29) is 23.4 Å². The van der Waals surface area contributed by atoms with Gasteiger partial charge in [0.2, 0.25) is 5.82 Å². The van der Waals surface area contributed by atoms with Gasteiger partial charge in [0.25, 0.3) is 5.91 Å². The summed E-state index contributed by atoms with van der Waals surface area (Å²) in [7, 11) is 0. The molecule has 4 heterocycles. The number of carbonyl (C=O) groups excluding carboxylic acids is 2. The molecule has 0 spiro atoms. The van der Waals surface area contributed by atoms with Gasteiger partial charge < -0.3 is 35.6 Å². The van der Waals surface area contributed by atoms with Crippen LogP contribution in [0.5, 0.6) is 0 Å². The molecule has 5 rings (SSSR count). The van der Waals surface area contributed by atoms with Crippen molar-refractivity contribution in [3.63, 3.8) is 0 Å². The number of aliphatic hydroxyl groups excluding tert-OH is 2. The largest absolute Gasteiger partial charge is 0.449 e. The number of ether oxygens (including phenoxy) is 2. The van der Waals surface area contributed by atoms with Gasteiger partial charge >= 0.3 is 6.09 Å². The van der Waals surface area contributed by atoms with E-state index in [0.29, 0.717) is 50.0 Å². The Morgan fingerprint density at radius 2 is 1.95 bits per heavy atom. The van der Waals surface area contributed by atoms with Crippen molar-refractivity contribution in [1.82, 2.24) is 29.7 Å². The molecule has 1 unspecified atom stereocenters. The van der Waals surface area contributed by atoms with Crippen LogP contribution in [0.1, 0.15) is 51.1 Å². The van der Waals surface area contributed by atoms with E-state index in [2.05, 4.69) is 32.1 Å². The minimum atomic E-state index is -1.42. The number of fused-ring (bicyclic) bond motifs is 1. The van der Waals surface area contributed by atoms with Crippen molar-refractivity contribution < 1.29 is 29.3 Å². The smallest absolute Gasteiger partial charge is 0.409 e. The first-order valence-corrected chi connectivity index (χ1v) is 13.1. The quantitative estimate of drug-likeness (QED) is 0.378. The molecular weight excluding hydrogens is 494 g/mol. The molecule has 1 aliphatic carbocycles. The topological polar surface area (TPSA) is 178 Å². The second kappa shape index (κ2) is 11.1. The second-order valence-electron chi connectivity index (χ2n) is 10.0. The molecule has 0 radical (unpaired) electrons. The van der Waals surface area contributed by atoms with Crippen LogP contribution in [0, 0.1) is 23.7 Å². The van der Waals surface area contributed by atoms with Gasteiger partial charge in [0, 0.05) is 26.1 Å². The van der Waals surface area contributed by atoms with Crippen molar-refractivity contribution in [2.24, 2.45) is 11.8 Å². The SMILES string of the molecule is CCNC(=O)[C@H]1O[C@@H](n2cnc3c(N)nc(C#CCC4CCN(C(=O)OCC5CC5)CC4)nc32)C(O)[C@H]1O. The Morgan fingerprint density at radius 3 is 2.66 bits per heavy atom. The summed E-state index contributed by atoms with van der Waals surface area (Å²) in [6, 6.07) is 0. The van der Waals surface area contributed by atoms with E-state index < -0.39 is 30.4 Å². The number of nitrogen functional groups attached to an aromatic ring is 1. The zero-order valence-electron chi connectivity index (χ0n) is 21.2. The lowest BCUT2D eigenvalue weighted by Gasteiger charge is -2.30. The summed E-state index contributed by atoms with van der Waals surface area (Å²) < 4.78 is 12.5. The average Bonchev–Trinajstić information content (AvgIpc) is 3.57. The fraction of sp³-hybridized carbons (Fsp3) is 0.640. The van der Waals surface area contributed by atoms with Crippen LogP contribution in [0.4, 0.5) is 10.6 Å². The molecule has 13 heteroatoms. The van der Waals surface area contributed by atoms with Gasteiger partial charge in [0.15, 0.2) is 23.8 Å². The minimum absolute atomic E-state index is 0.115.